The van der Waals surface area contributed by atoms with Crippen molar-refractivity contribution in [1.82, 2.24) is 4.98 Å². The highest BCUT2D eigenvalue weighted by Gasteiger charge is 2.07. The van der Waals surface area contributed by atoms with E-state index in [-0.39, 0.29) is 5.82 Å². The van der Waals surface area contributed by atoms with Crippen molar-refractivity contribution in [1.29, 1.82) is 0 Å². The van der Waals surface area contributed by atoms with E-state index in [2.05, 4.69) is 10.3 Å². The lowest BCUT2D eigenvalue weighted by Gasteiger charge is -1.91. The van der Waals surface area contributed by atoms with E-state index in [0.717, 1.165) is 9.83 Å². The van der Waals surface area contributed by atoms with Gasteiger partial charge >= 0.3 is 0 Å². The fourth-order valence-corrected chi connectivity index (χ4v) is 2.24. The van der Waals surface area contributed by atoms with E-state index in [1.54, 1.807) is 7.05 Å². The molecule has 13 heavy (non-hydrogen) atoms. The van der Waals surface area contributed by atoms with E-state index in [9.17, 15) is 4.39 Å². The third-order valence-corrected chi connectivity index (χ3v) is 2.94. The Morgan fingerprint density at radius 2 is 2.31 bits per heavy atom. The fourth-order valence-electron chi connectivity index (χ4n) is 1.06. The molecule has 0 bridgehead atoms. The first-order chi connectivity index (χ1) is 6.20. The molecule has 0 atom stereocenters. The molecule has 68 valence electrons. The zero-order valence-corrected chi connectivity index (χ0v) is 8.34. The van der Waals surface area contributed by atoms with Crippen LogP contribution in [0.15, 0.2) is 12.1 Å². The second-order valence-corrected chi connectivity index (χ2v) is 3.94. The van der Waals surface area contributed by atoms with E-state index in [4.69, 9.17) is 11.6 Å². The zero-order valence-electron chi connectivity index (χ0n) is 6.77. The summed E-state index contributed by atoms with van der Waals surface area (Å²) in [5.41, 5.74) is 0.650. The molecule has 2 nitrogen and oxygen atoms in total. The molecule has 0 aliphatic rings. The number of benzene rings is 1. The van der Waals surface area contributed by atoms with E-state index >= 15 is 0 Å². The minimum absolute atomic E-state index is 0.330. The maximum atomic E-state index is 12.9. The normalized spacial score (nSPS) is 10.7. The van der Waals surface area contributed by atoms with Crippen LogP contribution in [0, 0.1) is 5.82 Å². The summed E-state index contributed by atoms with van der Waals surface area (Å²) in [7, 11) is 1.77. The van der Waals surface area contributed by atoms with Crippen LogP contribution < -0.4 is 5.32 Å². The average Bonchev–Trinajstić information content (AvgIpc) is 2.47. The lowest BCUT2D eigenvalue weighted by atomic mass is 10.3. The van der Waals surface area contributed by atoms with Crippen LogP contribution >= 0.6 is 22.9 Å². The smallest absolute Gasteiger partial charge is 0.183 e. The van der Waals surface area contributed by atoms with Gasteiger partial charge in [0.1, 0.15) is 11.3 Å². The number of hydrogen-bond acceptors (Lipinski definition) is 3. The highest BCUT2D eigenvalue weighted by Crippen LogP contribution is 2.31. The van der Waals surface area contributed by atoms with Gasteiger partial charge in [0.05, 0.1) is 9.72 Å². The highest BCUT2D eigenvalue weighted by molar-refractivity contribution is 7.22. The molecule has 1 aromatic heterocycles. The van der Waals surface area contributed by atoms with Gasteiger partial charge < -0.3 is 5.32 Å². The third-order valence-electron chi connectivity index (χ3n) is 1.63. The highest BCUT2D eigenvalue weighted by atomic mass is 35.5. The predicted octanol–water partition coefficient (Wildman–Crippen LogP) is 3.13. The van der Waals surface area contributed by atoms with Gasteiger partial charge in [-0.15, -0.1) is 0 Å². The molecule has 0 spiro atoms. The third kappa shape index (κ3) is 1.47. The summed E-state index contributed by atoms with van der Waals surface area (Å²) in [6.45, 7) is 0. The molecule has 0 unspecified atom stereocenters. The van der Waals surface area contributed by atoms with Gasteiger partial charge in [0.2, 0.25) is 0 Å². The molecule has 2 aromatic rings. The van der Waals surface area contributed by atoms with Gasteiger partial charge in [-0.05, 0) is 12.1 Å². The maximum absolute atomic E-state index is 12.9. The molecule has 0 aliphatic heterocycles. The first-order valence-electron chi connectivity index (χ1n) is 3.64. The number of nitrogens with zero attached hydrogens (tertiary/aromatic N) is 1. The molecule has 0 radical (unpaired) electrons. The fraction of sp³-hybridized carbons (Fsp3) is 0.125. The average molecular weight is 217 g/mol. The summed E-state index contributed by atoms with van der Waals surface area (Å²) in [6, 6.07) is 2.70. The summed E-state index contributed by atoms with van der Waals surface area (Å²) in [5.74, 6) is -0.330. The molecule has 5 heteroatoms. The SMILES string of the molecule is CNc1nc2c(Cl)cc(F)cc2s1. The Bertz CT molecular complexity index is 455. The Labute approximate surface area is 83.4 Å². The van der Waals surface area contributed by atoms with Crippen LogP contribution in [0.2, 0.25) is 5.02 Å². The van der Waals surface area contributed by atoms with Crippen molar-refractivity contribution in [3.63, 3.8) is 0 Å². The number of thiazole rings is 1. The summed E-state index contributed by atoms with van der Waals surface area (Å²) in [6.07, 6.45) is 0. The zero-order chi connectivity index (χ0) is 9.42. The van der Waals surface area contributed by atoms with Gasteiger partial charge in [-0.25, -0.2) is 9.37 Å². The van der Waals surface area contributed by atoms with Crippen LogP contribution in [-0.4, -0.2) is 12.0 Å². The Morgan fingerprint density at radius 3 is 3.00 bits per heavy atom. The maximum Gasteiger partial charge on any atom is 0.183 e. The van der Waals surface area contributed by atoms with E-state index < -0.39 is 0 Å². The van der Waals surface area contributed by atoms with Gasteiger partial charge in [-0.3, -0.25) is 0 Å². The number of rotatable bonds is 1. The van der Waals surface area contributed by atoms with Crippen molar-refractivity contribution in [2.45, 2.75) is 0 Å². The number of hydrogen-bond donors (Lipinski definition) is 1. The van der Waals surface area contributed by atoms with Crippen LogP contribution in [0.1, 0.15) is 0 Å². The lowest BCUT2D eigenvalue weighted by molar-refractivity contribution is 0.630. The largest absolute Gasteiger partial charge is 0.365 e. The first kappa shape index (κ1) is 8.72. The quantitative estimate of drug-likeness (QED) is 0.792. The van der Waals surface area contributed by atoms with Gasteiger partial charge in [-0.2, -0.15) is 0 Å². The Morgan fingerprint density at radius 1 is 1.54 bits per heavy atom. The molecule has 2 rings (SSSR count). The molecule has 0 saturated heterocycles. The molecular weight excluding hydrogens is 211 g/mol. The van der Waals surface area contributed by atoms with Crippen molar-refractivity contribution < 1.29 is 4.39 Å². The van der Waals surface area contributed by atoms with Gasteiger partial charge in [-0.1, -0.05) is 22.9 Å². The molecular formula is C8H6ClFN2S. The minimum atomic E-state index is -0.330. The molecule has 0 saturated carbocycles. The first-order valence-corrected chi connectivity index (χ1v) is 4.83. The Hall–Kier alpha value is -0.870. The van der Waals surface area contributed by atoms with Crippen LogP contribution in [0.4, 0.5) is 9.52 Å². The Kier molecular flexibility index (Phi) is 2.09. The number of fused-ring (bicyclic) bond motifs is 1. The number of aromatic nitrogens is 1. The molecule has 1 N–H and O–H groups in total. The van der Waals surface area contributed by atoms with E-state index in [0.29, 0.717) is 10.5 Å². The lowest BCUT2D eigenvalue weighted by Crippen LogP contribution is -1.84. The number of halogens is 2. The van der Waals surface area contributed by atoms with E-state index in [1.165, 1.54) is 23.5 Å². The van der Waals surface area contributed by atoms with Crippen molar-refractivity contribution in [3.05, 3.63) is 23.0 Å². The van der Waals surface area contributed by atoms with Crippen molar-refractivity contribution in [3.8, 4) is 0 Å². The minimum Gasteiger partial charge on any atom is -0.365 e. The predicted molar refractivity (Wildman–Crippen MR) is 54.1 cm³/mol. The summed E-state index contributed by atoms with van der Waals surface area (Å²) in [4.78, 5) is 4.18. The molecule has 0 amide bonds. The van der Waals surface area contributed by atoms with Crippen LogP contribution in [0.5, 0.6) is 0 Å². The molecule has 1 aromatic carbocycles. The second-order valence-electron chi connectivity index (χ2n) is 2.50. The van der Waals surface area contributed by atoms with Crippen LogP contribution in [0.3, 0.4) is 0 Å². The monoisotopic (exact) mass is 216 g/mol. The van der Waals surface area contributed by atoms with Gasteiger partial charge in [0, 0.05) is 7.05 Å². The van der Waals surface area contributed by atoms with Crippen LogP contribution in [-0.2, 0) is 0 Å². The van der Waals surface area contributed by atoms with Crippen molar-refractivity contribution in [2.75, 3.05) is 12.4 Å². The van der Waals surface area contributed by atoms with Crippen LogP contribution in [0.25, 0.3) is 10.2 Å². The van der Waals surface area contributed by atoms with Gasteiger partial charge in [0.25, 0.3) is 0 Å². The number of nitrogens with one attached hydrogen (secondary N) is 1. The van der Waals surface area contributed by atoms with Crippen molar-refractivity contribution >= 4 is 38.3 Å². The molecule has 0 fully saturated rings. The topological polar surface area (TPSA) is 24.9 Å². The standard InChI is InChI=1S/C8H6ClFN2S/c1-11-8-12-7-5(9)2-4(10)3-6(7)13-8/h2-3H,1H3,(H,11,12). The summed E-state index contributed by atoms with van der Waals surface area (Å²) >= 11 is 7.19. The van der Waals surface area contributed by atoms with Gasteiger partial charge in [0.15, 0.2) is 5.13 Å². The summed E-state index contributed by atoms with van der Waals surface area (Å²) in [5, 5.41) is 3.98. The molecule has 1 heterocycles. The summed E-state index contributed by atoms with van der Waals surface area (Å²) < 4.78 is 13.6. The number of anilines is 1. The van der Waals surface area contributed by atoms with Crippen molar-refractivity contribution in [2.24, 2.45) is 0 Å². The molecule has 0 aliphatic carbocycles. The van der Waals surface area contributed by atoms with E-state index in [1.807, 2.05) is 0 Å². The Balaban J connectivity index is 2.75. The second kappa shape index (κ2) is 3.12.